The Hall–Kier alpha value is -1.43. The molecule has 2 amide bonds. The van der Waals surface area contributed by atoms with Gasteiger partial charge in [0.25, 0.3) is 5.91 Å². The molecule has 19 heavy (non-hydrogen) atoms. The van der Waals surface area contributed by atoms with Gasteiger partial charge >= 0.3 is 0 Å². The fourth-order valence-corrected chi connectivity index (χ4v) is 3.10. The van der Waals surface area contributed by atoms with Crippen LogP contribution in [0.15, 0.2) is 5.38 Å². The maximum Gasteiger partial charge on any atom is 0.271 e. The molecule has 2 atom stereocenters. The number of carbonyl (C=O) groups excluding carboxylic acids is 2. The van der Waals surface area contributed by atoms with Crippen molar-refractivity contribution in [3.63, 3.8) is 0 Å². The number of aromatic nitrogens is 1. The summed E-state index contributed by atoms with van der Waals surface area (Å²) in [5.74, 6) is 0.194. The number of anilines is 1. The van der Waals surface area contributed by atoms with Gasteiger partial charge in [-0.25, -0.2) is 4.98 Å². The summed E-state index contributed by atoms with van der Waals surface area (Å²) in [5.41, 5.74) is 0.381. The predicted molar refractivity (Wildman–Crippen MR) is 75.3 cm³/mol. The number of nitrogens with zero attached hydrogens (tertiary/aromatic N) is 1. The molecule has 1 heterocycles. The zero-order chi connectivity index (χ0) is 13.8. The first-order valence-electron chi connectivity index (χ1n) is 6.60. The lowest BCUT2D eigenvalue weighted by Crippen LogP contribution is -2.41. The number of hydrogen-bond acceptors (Lipinski definition) is 4. The fraction of sp³-hybridized carbons (Fsp3) is 0.615. The van der Waals surface area contributed by atoms with Gasteiger partial charge in [-0.2, -0.15) is 0 Å². The van der Waals surface area contributed by atoms with Gasteiger partial charge in [-0.1, -0.05) is 19.8 Å². The van der Waals surface area contributed by atoms with E-state index in [2.05, 4.69) is 22.5 Å². The summed E-state index contributed by atoms with van der Waals surface area (Å²) in [6.07, 6.45) is 4.62. The monoisotopic (exact) mass is 281 g/mol. The van der Waals surface area contributed by atoms with Crippen molar-refractivity contribution in [3.05, 3.63) is 11.1 Å². The van der Waals surface area contributed by atoms with Crippen molar-refractivity contribution in [2.75, 3.05) is 5.32 Å². The molecular formula is C13H19N3O2S. The van der Waals surface area contributed by atoms with Gasteiger partial charge in [0.15, 0.2) is 5.13 Å². The molecule has 0 aliphatic heterocycles. The van der Waals surface area contributed by atoms with Crippen LogP contribution < -0.4 is 10.6 Å². The molecule has 1 aliphatic rings. The molecule has 5 nitrogen and oxygen atoms in total. The summed E-state index contributed by atoms with van der Waals surface area (Å²) in [5, 5.41) is 7.77. The molecule has 1 aromatic heterocycles. The first-order chi connectivity index (χ1) is 9.06. The van der Waals surface area contributed by atoms with E-state index in [-0.39, 0.29) is 17.9 Å². The molecule has 2 N–H and O–H groups in total. The molecule has 2 rings (SSSR count). The van der Waals surface area contributed by atoms with Crippen LogP contribution in [0.5, 0.6) is 0 Å². The number of rotatable bonds is 3. The molecule has 1 aromatic rings. The van der Waals surface area contributed by atoms with Gasteiger partial charge in [-0.15, -0.1) is 11.3 Å². The topological polar surface area (TPSA) is 71.1 Å². The van der Waals surface area contributed by atoms with Gasteiger partial charge in [0, 0.05) is 18.3 Å². The largest absolute Gasteiger partial charge is 0.348 e. The number of thiazole rings is 1. The molecular weight excluding hydrogens is 262 g/mol. The van der Waals surface area contributed by atoms with E-state index in [1.165, 1.54) is 37.5 Å². The summed E-state index contributed by atoms with van der Waals surface area (Å²) in [4.78, 5) is 27.1. The summed E-state index contributed by atoms with van der Waals surface area (Å²) in [6, 6.07) is 0.243. The Morgan fingerprint density at radius 2 is 2.11 bits per heavy atom. The van der Waals surface area contributed by atoms with Crippen LogP contribution in [0.25, 0.3) is 0 Å². The SMILES string of the molecule is CC(=O)Nc1nc(C(=O)N[C@H]2CCCC[C@H]2C)cs1. The van der Waals surface area contributed by atoms with E-state index in [0.29, 0.717) is 16.7 Å². The van der Waals surface area contributed by atoms with Crippen LogP contribution in [0, 0.1) is 5.92 Å². The van der Waals surface area contributed by atoms with Gasteiger partial charge in [-0.05, 0) is 18.8 Å². The minimum atomic E-state index is -0.179. The number of amides is 2. The lowest BCUT2D eigenvalue weighted by atomic mass is 9.86. The summed E-state index contributed by atoms with van der Waals surface area (Å²) >= 11 is 1.27. The average molecular weight is 281 g/mol. The second kappa shape index (κ2) is 6.14. The third-order valence-electron chi connectivity index (χ3n) is 3.45. The van der Waals surface area contributed by atoms with Gasteiger partial charge < -0.3 is 10.6 Å². The quantitative estimate of drug-likeness (QED) is 0.893. The smallest absolute Gasteiger partial charge is 0.271 e. The zero-order valence-corrected chi connectivity index (χ0v) is 12.0. The highest BCUT2D eigenvalue weighted by Crippen LogP contribution is 2.24. The number of carbonyl (C=O) groups is 2. The van der Waals surface area contributed by atoms with Gasteiger partial charge in [0.05, 0.1) is 0 Å². The van der Waals surface area contributed by atoms with Crippen LogP contribution in [-0.2, 0) is 4.79 Å². The maximum atomic E-state index is 12.1. The summed E-state index contributed by atoms with van der Waals surface area (Å²) in [7, 11) is 0. The van der Waals surface area contributed by atoms with E-state index in [1.807, 2.05) is 0 Å². The molecule has 1 saturated carbocycles. The average Bonchev–Trinajstić information content (AvgIpc) is 2.79. The van der Waals surface area contributed by atoms with Crippen molar-refractivity contribution in [2.45, 2.75) is 45.6 Å². The van der Waals surface area contributed by atoms with E-state index in [1.54, 1.807) is 5.38 Å². The molecule has 0 radical (unpaired) electrons. The van der Waals surface area contributed by atoms with E-state index in [4.69, 9.17) is 0 Å². The molecule has 1 aliphatic carbocycles. The van der Waals surface area contributed by atoms with Crippen molar-refractivity contribution in [1.29, 1.82) is 0 Å². The molecule has 0 bridgehead atoms. The van der Waals surface area contributed by atoms with Crippen LogP contribution in [0.3, 0.4) is 0 Å². The van der Waals surface area contributed by atoms with Gasteiger partial charge in [0.1, 0.15) is 5.69 Å². The van der Waals surface area contributed by atoms with Crippen LogP contribution >= 0.6 is 11.3 Å². The minimum absolute atomic E-state index is 0.147. The summed E-state index contributed by atoms with van der Waals surface area (Å²) < 4.78 is 0. The van der Waals surface area contributed by atoms with E-state index >= 15 is 0 Å². The van der Waals surface area contributed by atoms with Crippen LogP contribution in [-0.4, -0.2) is 22.8 Å². The Bertz CT molecular complexity index is 472. The molecule has 0 unspecified atom stereocenters. The van der Waals surface area contributed by atoms with Gasteiger partial charge in [-0.3, -0.25) is 9.59 Å². The second-order valence-electron chi connectivity index (χ2n) is 5.06. The minimum Gasteiger partial charge on any atom is -0.348 e. The third kappa shape index (κ3) is 3.76. The maximum absolute atomic E-state index is 12.1. The van der Waals surface area contributed by atoms with Crippen LogP contribution in [0.2, 0.25) is 0 Å². The molecule has 1 fully saturated rings. The second-order valence-corrected chi connectivity index (χ2v) is 5.92. The molecule has 6 heteroatoms. The number of hydrogen-bond donors (Lipinski definition) is 2. The van der Waals surface area contributed by atoms with E-state index in [9.17, 15) is 9.59 Å². The highest BCUT2D eigenvalue weighted by Gasteiger charge is 2.24. The standard InChI is InChI=1S/C13H19N3O2S/c1-8-5-3-4-6-10(8)15-12(18)11-7-19-13(16-11)14-9(2)17/h7-8,10H,3-6H2,1-2H3,(H,15,18)(H,14,16,17)/t8-,10+/m1/s1. The van der Waals surface area contributed by atoms with E-state index in [0.717, 1.165) is 6.42 Å². The van der Waals surface area contributed by atoms with Crippen molar-refractivity contribution >= 4 is 28.3 Å². The predicted octanol–water partition coefficient (Wildman–Crippen LogP) is 2.41. The Balaban J connectivity index is 1.95. The fourth-order valence-electron chi connectivity index (χ4n) is 2.36. The molecule has 0 saturated heterocycles. The Morgan fingerprint density at radius 1 is 1.37 bits per heavy atom. The Morgan fingerprint density at radius 3 is 2.79 bits per heavy atom. The van der Waals surface area contributed by atoms with Gasteiger partial charge in [0.2, 0.25) is 5.91 Å². The van der Waals surface area contributed by atoms with Crippen molar-refractivity contribution < 1.29 is 9.59 Å². The first-order valence-corrected chi connectivity index (χ1v) is 7.48. The lowest BCUT2D eigenvalue weighted by molar-refractivity contribution is -0.114. The van der Waals surface area contributed by atoms with Crippen molar-refractivity contribution in [2.24, 2.45) is 5.92 Å². The highest BCUT2D eigenvalue weighted by molar-refractivity contribution is 7.14. The normalized spacial score (nSPS) is 22.8. The van der Waals surface area contributed by atoms with Crippen LogP contribution in [0.1, 0.15) is 50.0 Å². The lowest BCUT2D eigenvalue weighted by Gasteiger charge is -2.29. The summed E-state index contributed by atoms with van der Waals surface area (Å²) in [6.45, 7) is 3.60. The zero-order valence-electron chi connectivity index (χ0n) is 11.2. The van der Waals surface area contributed by atoms with Crippen molar-refractivity contribution in [3.8, 4) is 0 Å². The van der Waals surface area contributed by atoms with Crippen LogP contribution in [0.4, 0.5) is 5.13 Å². The first kappa shape index (κ1) is 14.0. The Kier molecular flexibility index (Phi) is 4.52. The van der Waals surface area contributed by atoms with E-state index < -0.39 is 0 Å². The highest BCUT2D eigenvalue weighted by atomic mass is 32.1. The molecule has 0 spiro atoms. The third-order valence-corrected chi connectivity index (χ3v) is 4.21. The number of nitrogens with one attached hydrogen (secondary N) is 2. The molecule has 104 valence electrons. The Labute approximate surface area is 116 Å². The van der Waals surface area contributed by atoms with Crippen molar-refractivity contribution in [1.82, 2.24) is 10.3 Å². The molecule has 0 aromatic carbocycles.